The lowest BCUT2D eigenvalue weighted by Crippen LogP contribution is -2.56. The van der Waals surface area contributed by atoms with Gasteiger partial charge in [-0.1, -0.05) is 38.5 Å². The number of aryl methyl sites for hydroxylation is 1. The van der Waals surface area contributed by atoms with Gasteiger partial charge in [-0.05, 0) is 19.1 Å². The average molecular weight is 381 g/mol. The van der Waals surface area contributed by atoms with E-state index < -0.39 is 21.2 Å². The van der Waals surface area contributed by atoms with Gasteiger partial charge in [0.15, 0.2) is 0 Å². The molecule has 1 amide bonds. The summed E-state index contributed by atoms with van der Waals surface area (Å²) in [6.07, 6.45) is 1.000. The van der Waals surface area contributed by atoms with Gasteiger partial charge in [0.1, 0.15) is 5.72 Å². The Morgan fingerprint density at radius 1 is 1.08 bits per heavy atom. The van der Waals surface area contributed by atoms with Gasteiger partial charge in [-0.25, -0.2) is 8.42 Å². The number of amides is 1. The number of nitrogens with zero attached hydrogens (tertiary/aromatic N) is 2. The molecule has 0 bridgehead atoms. The van der Waals surface area contributed by atoms with Crippen LogP contribution in [0.15, 0.2) is 29.2 Å². The van der Waals surface area contributed by atoms with E-state index in [1.165, 1.54) is 4.31 Å². The van der Waals surface area contributed by atoms with E-state index in [2.05, 4.69) is 0 Å². The maximum Gasteiger partial charge on any atom is 0.245 e. The molecule has 0 saturated carbocycles. The summed E-state index contributed by atoms with van der Waals surface area (Å²) < 4.78 is 33.8. The Balaban J connectivity index is 1.81. The molecular weight excluding hydrogens is 352 g/mol. The lowest BCUT2D eigenvalue weighted by atomic mass is 9.92. The van der Waals surface area contributed by atoms with Crippen molar-refractivity contribution in [2.75, 3.05) is 26.2 Å². The molecule has 2 heterocycles. The topological polar surface area (TPSA) is 66.9 Å². The number of benzene rings is 1. The Bertz CT molecular complexity index is 773. The van der Waals surface area contributed by atoms with Crippen molar-refractivity contribution in [2.24, 2.45) is 5.41 Å². The van der Waals surface area contributed by atoms with Crippen LogP contribution < -0.4 is 0 Å². The minimum absolute atomic E-state index is 0.0956. The molecule has 3 rings (SSSR count). The summed E-state index contributed by atoms with van der Waals surface area (Å²) in [6, 6.07) is 6.91. The Kier molecular flexibility index (Phi) is 4.92. The van der Waals surface area contributed by atoms with Crippen LogP contribution in [0, 0.1) is 12.3 Å². The van der Waals surface area contributed by atoms with E-state index in [-0.39, 0.29) is 5.91 Å². The highest BCUT2D eigenvalue weighted by Crippen LogP contribution is 2.39. The van der Waals surface area contributed by atoms with Crippen molar-refractivity contribution in [3.8, 4) is 0 Å². The molecule has 144 valence electrons. The Morgan fingerprint density at radius 3 is 2.19 bits per heavy atom. The van der Waals surface area contributed by atoms with Gasteiger partial charge >= 0.3 is 0 Å². The Labute approximate surface area is 156 Å². The molecule has 0 unspecified atom stereocenters. The first-order valence-corrected chi connectivity index (χ1v) is 10.5. The number of carbonyl (C=O) groups excluding carboxylic acids is 1. The molecule has 1 aromatic rings. The van der Waals surface area contributed by atoms with Gasteiger partial charge in [0.25, 0.3) is 0 Å². The fraction of sp³-hybridized carbons (Fsp3) is 0.632. The number of sulfonamides is 1. The molecule has 1 aromatic carbocycles. The summed E-state index contributed by atoms with van der Waals surface area (Å²) in [4.78, 5) is 14.6. The second-order valence-corrected chi connectivity index (χ2v) is 10.1. The van der Waals surface area contributed by atoms with E-state index in [1.54, 1.807) is 24.3 Å². The lowest BCUT2D eigenvalue weighted by Gasteiger charge is -2.44. The average Bonchev–Trinajstić information content (AvgIpc) is 2.98. The highest BCUT2D eigenvalue weighted by Gasteiger charge is 2.51. The summed E-state index contributed by atoms with van der Waals surface area (Å²) in [6.45, 7) is 9.40. The van der Waals surface area contributed by atoms with Crippen molar-refractivity contribution in [1.29, 1.82) is 0 Å². The summed E-state index contributed by atoms with van der Waals surface area (Å²) in [5.41, 5.74) is -0.252. The zero-order valence-electron chi connectivity index (χ0n) is 16.0. The molecule has 0 radical (unpaired) electrons. The van der Waals surface area contributed by atoms with Crippen LogP contribution in [-0.2, 0) is 19.6 Å². The van der Waals surface area contributed by atoms with Crippen molar-refractivity contribution < 1.29 is 17.9 Å². The van der Waals surface area contributed by atoms with Gasteiger partial charge in [0.05, 0.1) is 11.5 Å². The number of hydrogen-bond donors (Lipinski definition) is 0. The minimum Gasteiger partial charge on any atom is -0.358 e. The Hall–Kier alpha value is -1.44. The van der Waals surface area contributed by atoms with Gasteiger partial charge in [-0.2, -0.15) is 4.31 Å². The van der Waals surface area contributed by atoms with E-state index in [9.17, 15) is 13.2 Å². The van der Waals surface area contributed by atoms with E-state index in [0.29, 0.717) is 44.0 Å². The quantitative estimate of drug-likeness (QED) is 0.790. The SMILES string of the molecule is Cc1ccc(S(=O)(=O)N2CCOC23CCN(C(=O)C(C)(C)C)CC3)cc1. The highest BCUT2D eigenvalue weighted by molar-refractivity contribution is 7.89. The maximum atomic E-state index is 13.2. The summed E-state index contributed by atoms with van der Waals surface area (Å²) in [5.74, 6) is 0.0956. The van der Waals surface area contributed by atoms with E-state index >= 15 is 0 Å². The predicted molar refractivity (Wildman–Crippen MR) is 99.0 cm³/mol. The van der Waals surface area contributed by atoms with Crippen LogP contribution in [0.2, 0.25) is 0 Å². The summed E-state index contributed by atoms with van der Waals surface area (Å²) in [5, 5.41) is 0. The largest absolute Gasteiger partial charge is 0.358 e. The van der Waals surface area contributed by atoms with E-state index in [4.69, 9.17) is 4.74 Å². The maximum absolute atomic E-state index is 13.2. The van der Waals surface area contributed by atoms with Gasteiger partial charge in [-0.15, -0.1) is 0 Å². The molecule has 1 spiro atoms. The highest BCUT2D eigenvalue weighted by atomic mass is 32.2. The van der Waals surface area contributed by atoms with Gasteiger partial charge in [0.2, 0.25) is 15.9 Å². The van der Waals surface area contributed by atoms with Crippen LogP contribution in [0.25, 0.3) is 0 Å². The molecule has 2 fully saturated rings. The van der Waals surface area contributed by atoms with Crippen LogP contribution in [0.3, 0.4) is 0 Å². The molecule has 2 aliphatic rings. The molecular formula is C19H28N2O4S. The third-order valence-corrected chi connectivity index (χ3v) is 7.17. The monoisotopic (exact) mass is 380 g/mol. The number of rotatable bonds is 2. The van der Waals surface area contributed by atoms with Crippen LogP contribution >= 0.6 is 0 Å². The molecule has 0 aromatic heterocycles. The molecule has 26 heavy (non-hydrogen) atoms. The first-order chi connectivity index (χ1) is 12.1. The van der Waals surface area contributed by atoms with Crippen LogP contribution in [0.1, 0.15) is 39.2 Å². The molecule has 2 aliphatic heterocycles. The predicted octanol–water partition coefficient (Wildman–Crippen LogP) is 2.38. The smallest absolute Gasteiger partial charge is 0.245 e. The summed E-state index contributed by atoms with van der Waals surface area (Å²) in [7, 11) is -3.62. The van der Waals surface area contributed by atoms with E-state index in [0.717, 1.165) is 5.56 Å². The van der Waals surface area contributed by atoms with Crippen LogP contribution in [0.4, 0.5) is 0 Å². The van der Waals surface area contributed by atoms with Gasteiger partial charge in [0, 0.05) is 37.9 Å². The van der Waals surface area contributed by atoms with Crippen molar-refractivity contribution >= 4 is 15.9 Å². The molecule has 0 aliphatic carbocycles. The van der Waals surface area contributed by atoms with Crippen molar-refractivity contribution in [3.05, 3.63) is 29.8 Å². The molecule has 7 heteroatoms. The number of hydrogen-bond acceptors (Lipinski definition) is 4. The molecule has 0 atom stereocenters. The third-order valence-electron chi connectivity index (χ3n) is 5.20. The molecule has 6 nitrogen and oxygen atoms in total. The van der Waals surface area contributed by atoms with E-state index in [1.807, 2.05) is 32.6 Å². The number of likely N-dealkylation sites (tertiary alicyclic amines) is 1. The third kappa shape index (κ3) is 3.40. The fourth-order valence-corrected chi connectivity index (χ4v) is 5.42. The second-order valence-electron chi connectivity index (χ2n) is 8.23. The molecule has 0 N–H and O–H groups in total. The van der Waals surface area contributed by atoms with Gasteiger partial charge in [-0.3, -0.25) is 4.79 Å². The zero-order chi connectivity index (χ0) is 19.2. The number of piperidine rings is 1. The Morgan fingerprint density at radius 2 is 1.65 bits per heavy atom. The minimum atomic E-state index is -3.62. The first-order valence-electron chi connectivity index (χ1n) is 9.09. The van der Waals surface area contributed by atoms with Crippen LogP contribution in [-0.4, -0.2) is 55.5 Å². The first kappa shape index (κ1) is 19.3. The van der Waals surface area contributed by atoms with Gasteiger partial charge < -0.3 is 9.64 Å². The fourth-order valence-electron chi connectivity index (χ4n) is 3.70. The lowest BCUT2D eigenvalue weighted by molar-refractivity contribution is -0.147. The summed E-state index contributed by atoms with van der Waals surface area (Å²) >= 11 is 0. The number of ether oxygens (including phenoxy) is 1. The standard InChI is InChI=1S/C19H28N2O4S/c1-15-5-7-16(8-6-15)26(23,24)21-13-14-25-19(21)9-11-20(12-10-19)17(22)18(2,3)4/h5-8H,9-14H2,1-4H3. The zero-order valence-corrected chi connectivity index (χ0v) is 16.8. The number of carbonyl (C=O) groups is 1. The molecule has 2 saturated heterocycles. The van der Waals surface area contributed by atoms with Crippen molar-refractivity contribution in [3.63, 3.8) is 0 Å². The van der Waals surface area contributed by atoms with Crippen molar-refractivity contribution in [1.82, 2.24) is 9.21 Å². The second kappa shape index (κ2) is 6.62. The normalized spacial score (nSPS) is 21.3. The van der Waals surface area contributed by atoms with Crippen LogP contribution in [0.5, 0.6) is 0 Å². The van der Waals surface area contributed by atoms with Crippen molar-refractivity contribution in [2.45, 2.75) is 51.2 Å².